The molecular weight excluding hydrogens is 426 g/mol. The number of anilines is 1. The third kappa shape index (κ3) is 3.84. The fourth-order valence-corrected chi connectivity index (χ4v) is 5.13. The third-order valence-corrected chi connectivity index (χ3v) is 7.16. The molecule has 0 radical (unpaired) electrons. The van der Waals surface area contributed by atoms with Crippen LogP contribution in [0, 0.1) is 5.41 Å². The largest absolute Gasteiger partial charge is 0.355 e. The van der Waals surface area contributed by atoms with Crippen molar-refractivity contribution in [2.24, 2.45) is 12.5 Å². The van der Waals surface area contributed by atoms with Gasteiger partial charge in [-0.15, -0.1) is 0 Å². The van der Waals surface area contributed by atoms with Crippen LogP contribution in [0.5, 0.6) is 0 Å². The van der Waals surface area contributed by atoms with Crippen molar-refractivity contribution in [1.29, 1.82) is 0 Å². The van der Waals surface area contributed by atoms with Crippen LogP contribution in [-0.2, 0) is 13.5 Å². The maximum absolute atomic E-state index is 13.1. The van der Waals surface area contributed by atoms with Crippen LogP contribution >= 0.6 is 0 Å². The number of hydrogen-bond acceptors (Lipinski definition) is 7. The van der Waals surface area contributed by atoms with Crippen LogP contribution < -0.4 is 10.2 Å². The number of pyridine rings is 3. The molecule has 0 atom stereocenters. The van der Waals surface area contributed by atoms with Crippen LogP contribution in [0.3, 0.4) is 0 Å². The van der Waals surface area contributed by atoms with Gasteiger partial charge >= 0.3 is 0 Å². The standard InChI is InChI=1S/C26H27N7O/c1-32-17-28-14-23(32)21-3-2-19-13-30-20(11-22(19)31-21)12-24(34)18-4-7-29-25(10-18)33-15-26(16-33)5-8-27-9-6-26/h2-4,7,10-11,13-14,17,27H,5-6,8-9,12,15-16H2,1H3. The van der Waals surface area contributed by atoms with E-state index >= 15 is 0 Å². The monoisotopic (exact) mass is 453 g/mol. The van der Waals surface area contributed by atoms with E-state index in [0.29, 0.717) is 16.7 Å². The fourth-order valence-electron chi connectivity index (χ4n) is 5.13. The molecule has 2 aliphatic rings. The smallest absolute Gasteiger partial charge is 0.169 e. The second-order valence-corrected chi connectivity index (χ2v) is 9.56. The summed E-state index contributed by atoms with van der Waals surface area (Å²) in [4.78, 5) is 33.4. The molecule has 1 spiro atoms. The normalized spacial score (nSPS) is 17.1. The summed E-state index contributed by atoms with van der Waals surface area (Å²) in [6.45, 7) is 4.24. The Labute approximate surface area is 198 Å². The molecule has 172 valence electrons. The molecule has 0 bridgehead atoms. The predicted molar refractivity (Wildman–Crippen MR) is 131 cm³/mol. The van der Waals surface area contributed by atoms with Crippen LogP contribution in [0.2, 0.25) is 0 Å². The van der Waals surface area contributed by atoms with Crippen molar-refractivity contribution < 1.29 is 4.79 Å². The lowest BCUT2D eigenvalue weighted by molar-refractivity contribution is 0.0992. The number of aromatic nitrogens is 5. The number of nitrogens with one attached hydrogen (secondary N) is 1. The third-order valence-electron chi connectivity index (χ3n) is 7.16. The molecule has 6 heterocycles. The number of nitrogens with zero attached hydrogens (tertiary/aromatic N) is 6. The molecule has 0 unspecified atom stereocenters. The summed E-state index contributed by atoms with van der Waals surface area (Å²) in [5, 5.41) is 4.38. The lowest BCUT2D eigenvalue weighted by Crippen LogP contribution is -2.60. The van der Waals surface area contributed by atoms with Gasteiger partial charge in [0, 0.05) is 48.9 Å². The van der Waals surface area contributed by atoms with Crippen molar-refractivity contribution >= 4 is 22.5 Å². The summed E-state index contributed by atoms with van der Waals surface area (Å²) >= 11 is 0. The number of carbonyl (C=O) groups excluding carboxylic acids is 1. The van der Waals surface area contributed by atoms with Crippen LogP contribution in [0.4, 0.5) is 5.82 Å². The molecule has 4 aromatic rings. The predicted octanol–water partition coefficient (Wildman–Crippen LogP) is 3.04. The molecule has 0 aromatic carbocycles. The van der Waals surface area contributed by atoms with E-state index in [9.17, 15) is 4.79 Å². The van der Waals surface area contributed by atoms with Gasteiger partial charge in [-0.2, -0.15) is 0 Å². The van der Waals surface area contributed by atoms with E-state index in [2.05, 4.69) is 25.2 Å². The van der Waals surface area contributed by atoms with Gasteiger partial charge in [-0.3, -0.25) is 9.78 Å². The minimum absolute atomic E-state index is 0.0374. The molecule has 1 N–H and O–H groups in total. The number of aryl methyl sites for hydroxylation is 1. The Balaban J connectivity index is 1.19. The highest BCUT2D eigenvalue weighted by atomic mass is 16.1. The number of carbonyl (C=O) groups is 1. The van der Waals surface area contributed by atoms with E-state index < -0.39 is 0 Å². The lowest BCUT2D eigenvalue weighted by Gasteiger charge is -2.53. The summed E-state index contributed by atoms with van der Waals surface area (Å²) < 4.78 is 1.94. The molecule has 34 heavy (non-hydrogen) atoms. The zero-order valence-corrected chi connectivity index (χ0v) is 19.2. The van der Waals surface area contributed by atoms with Crippen molar-refractivity contribution in [3.05, 3.63) is 66.5 Å². The Morgan fingerprint density at radius 2 is 1.94 bits per heavy atom. The highest BCUT2D eigenvalue weighted by molar-refractivity contribution is 5.98. The van der Waals surface area contributed by atoms with E-state index in [4.69, 9.17) is 4.98 Å². The van der Waals surface area contributed by atoms with E-state index in [1.54, 1.807) is 31.0 Å². The number of imidazole rings is 1. The van der Waals surface area contributed by atoms with Gasteiger partial charge in [0.25, 0.3) is 0 Å². The number of fused-ring (bicyclic) bond motifs is 1. The van der Waals surface area contributed by atoms with Gasteiger partial charge in [-0.1, -0.05) is 0 Å². The highest BCUT2D eigenvalue weighted by Gasteiger charge is 2.43. The van der Waals surface area contributed by atoms with Crippen molar-refractivity contribution in [2.75, 3.05) is 31.1 Å². The lowest BCUT2D eigenvalue weighted by atomic mass is 9.72. The molecule has 0 saturated carbocycles. The Morgan fingerprint density at radius 3 is 2.74 bits per heavy atom. The quantitative estimate of drug-likeness (QED) is 0.465. The van der Waals surface area contributed by atoms with Gasteiger partial charge in [0.15, 0.2) is 5.78 Å². The summed E-state index contributed by atoms with van der Waals surface area (Å²) in [5.74, 6) is 0.930. The summed E-state index contributed by atoms with van der Waals surface area (Å²) in [6, 6.07) is 9.60. The number of Topliss-reactive ketones (excluding diaryl/α,β-unsaturated/α-hetero) is 1. The first-order valence-electron chi connectivity index (χ1n) is 11.8. The number of ketones is 1. The molecule has 4 aromatic heterocycles. The van der Waals surface area contributed by atoms with Gasteiger partial charge in [-0.05, 0) is 56.3 Å². The van der Waals surface area contributed by atoms with Gasteiger partial charge < -0.3 is 14.8 Å². The molecule has 6 rings (SSSR count). The van der Waals surface area contributed by atoms with Crippen LogP contribution in [0.25, 0.3) is 22.3 Å². The minimum atomic E-state index is 0.0374. The Kier molecular flexibility index (Phi) is 5.10. The number of hydrogen-bond donors (Lipinski definition) is 1. The van der Waals surface area contributed by atoms with Crippen LogP contribution in [0.15, 0.2) is 55.2 Å². The van der Waals surface area contributed by atoms with Crippen molar-refractivity contribution in [1.82, 2.24) is 29.8 Å². The summed E-state index contributed by atoms with van der Waals surface area (Å²) in [6.07, 6.45) is 9.74. The first-order chi connectivity index (χ1) is 16.6. The fraction of sp³-hybridized carbons (Fsp3) is 0.346. The Bertz CT molecular complexity index is 1360. The topological polar surface area (TPSA) is 88.8 Å². The van der Waals surface area contributed by atoms with Crippen LogP contribution in [0.1, 0.15) is 28.9 Å². The van der Waals surface area contributed by atoms with Gasteiger partial charge in [0.1, 0.15) is 5.82 Å². The number of rotatable bonds is 5. The first-order valence-corrected chi connectivity index (χ1v) is 11.8. The molecule has 0 aliphatic carbocycles. The summed E-state index contributed by atoms with van der Waals surface area (Å²) in [7, 11) is 1.94. The second kappa shape index (κ2) is 8.29. The zero-order valence-electron chi connectivity index (χ0n) is 19.2. The van der Waals surface area contributed by atoms with Gasteiger partial charge in [-0.25, -0.2) is 15.0 Å². The van der Waals surface area contributed by atoms with Gasteiger partial charge in [0.2, 0.25) is 0 Å². The SMILES string of the molecule is Cn1cncc1-c1ccc2cnc(CC(=O)c3ccnc(N4CC5(CCNCC5)C4)c3)cc2n1. The molecule has 2 fully saturated rings. The van der Waals surface area contributed by atoms with E-state index in [0.717, 1.165) is 54.3 Å². The molecular formula is C26H27N7O. The molecule has 8 heteroatoms. The van der Waals surface area contributed by atoms with Gasteiger partial charge in [0.05, 0.1) is 41.5 Å². The zero-order chi connectivity index (χ0) is 23.1. The molecule has 0 amide bonds. The Morgan fingerprint density at radius 1 is 1.09 bits per heavy atom. The molecule has 2 aliphatic heterocycles. The van der Waals surface area contributed by atoms with Crippen LogP contribution in [-0.4, -0.2) is 56.5 Å². The maximum Gasteiger partial charge on any atom is 0.169 e. The minimum Gasteiger partial charge on any atom is -0.355 e. The number of piperidine rings is 1. The molecule has 2 saturated heterocycles. The molecule has 8 nitrogen and oxygen atoms in total. The van der Waals surface area contributed by atoms with Crippen molar-refractivity contribution in [2.45, 2.75) is 19.3 Å². The average molecular weight is 454 g/mol. The average Bonchev–Trinajstić information content (AvgIpc) is 3.28. The summed E-state index contributed by atoms with van der Waals surface area (Å²) in [5.41, 5.74) is 4.41. The van der Waals surface area contributed by atoms with E-state index in [-0.39, 0.29) is 12.2 Å². The van der Waals surface area contributed by atoms with Crippen molar-refractivity contribution in [3.63, 3.8) is 0 Å². The highest BCUT2D eigenvalue weighted by Crippen LogP contribution is 2.40. The first kappa shape index (κ1) is 20.9. The van der Waals surface area contributed by atoms with Crippen molar-refractivity contribution in [3.8, 4) is 11.4 Å². The van der Waals surface area contributed by atoms with E-state index in [1.165, 1.54) is 12.8 Å². The second-order valence-electron chi connectivity index (χ2n) is 9.56. The Hall–Kier alpha value is -3.65. The maximum atomic E-state index is 13.1. The van der Waals surface area contributed by atoms with E-state index in [1.807, 2.05) is 35.9 Å².